The molecule has 5 nitrogen and oxygen atoms in total. The first-order chi connectivity index (χ1) is 9.72. The Balaban J connectivity index is 1.71. The molecule has 5 heteroatoms. The number of nitrogens with one attached hydrogen (secondary N) is 1. The fourth-order valence-corrected chi connectivity index (χ4v) is 2.46. The molecule has 1 aliphatic rings. The number of likely N-dealkylation sites (tertiary alicyclic amines) is 1. The van der Waals surface area contributed by atoms with E-state index in [0.717, 1.165) is 48.6 Å². The van der Waals surface area contributed by atoms with E-state index < -0.39 is 0 Å². The van der Waals surface area contributed by atoms with Crippen LogP contribution in [0, 0.1) is 5.92 Å². The zero-order chi connectivity index (χ0) is 13.9. The van der Waals surface area contributed by atoms with Crippen LogP contribution in [-0.4, -0.2) is 34.0 Å². The van der Waals surface area contributed by atoms with Gasteiger partial charge in [0.2, 0.25) is 0 Å². The summed E-state index contributed by atoms with van der Waals surface area (Å²) >= 11 is 0. The van der Waals surface area contributed by atoms with Crippen molar-refractivity contribution in [2.75, 3.05) is 18.4 Å². The van der Waals surface area contributed by atoms with Gasteiger partial charge in [-0.3, -0.25) is 9.97 Å². The molecule has 0 spiro atoms. The maximum absolute atomic E-state index is 12.2. The highest BCUT2D eigenvalue weighted by Crippen LogP contribution is 2.19. The average Bonchev–Trinajstić information content (AvgIpc) is 2.48. The summed E-state index contributed by atoms with van der Waals surface area (Å²) in [6.45, 7) is 3.90. The standard InChI is InChI=1S/C15H18N4O/c1-11-4-8-19(9-5-11)15(20)18-12-2-3-13-14(10-12)17-7-6-16-13/h2-3,6-7,10-11H,4-5,8-9H2,1H3,(H,18,20). The van der Waals surface area contributed by atoms with E-state index >= 15 is 0 Å². The molecule has 1 N–H and O–H groups in total. The minimum atomic E-state index is -0.0276. The number of hydrogen-bond donors (Lipinski definition) is 1. The average molecular weight is 270 g/mol. The Hall–Kier alpha value is -2.17. The number of anilines is 1. The minimum Gasteiger partial charge on any atom is -0.325 e. The predicted octanol–water partition coefficient (Wildman–Crippen LogP) is 2.89. The Kier molecular flexibility index (Phi) is 3.50. The second kappa shape index (κ2) is 5.45. The molecule has 0 aliphatic carbocycles. The van der Waals surface area contributed by atoms with Crippen molar-refractivity contribution in [1.82, 2.24) is 14.9 Å². The first-order valence-electron chi connectivity index (χ1n) is 6.99. The van der Waals surface area contributed by atoms with Gasteiger partial charge in [-0.1, -0.05) is 6.92 Å². The Morgan fingerprint density at radius 2 is 1.90 bits per heavy atom. The van der Waals surface area contributed by atoms with Crippen molar-refractivity contribution in [3.8, 4) is 0 Å². The lowest BCUT2D eigenvalue weighted by molar-refractivity contribution is 0.186. The van der Waals surface area contributed by atoms with Crippen LogP contribution in [0.15, 0.2) is 30.6 Å². The number of piperidine rings is 1. The number of amides is 2. The number of nitrogens with zero attached hydrogens (tertiary/aromatic N) is 3. The molecule has 1 fully saturated rings. The van der Waals surface area contributed by atoms with Crippen LogP contribution in [0.5, 0.6) is 0 Å². The maximum atomic E-state index is 12.2. The molecule has 1 aromatic heterocycles. The van der Waals surface area contributed by atoms with Crippen molar-refractivity contribution >= 4 is 22.8 Å². The molecule has 1 aromatic carbocycles. The molecule has 0 radical (unpaired) electrons. The quantitative estimate of drug-likeness (QED) is 0.866. The van der Waals surface area contributed by atoms with Gasteiger partial charge in [0, 0.05) is 31.2 Å². The van der Waals surface area contributed by atoms with E-state index in [4.69, 9.17) is 0 Å². The molecule has 2 aromatic rings. The van der Waals surface area contributed by atoms with Gasteiger partial charge in [0.25, 0.3) is 0 Å². The molecule has 0 atom stereocenters. The summed E-state index contributed by atoms with van der Waals surface area (Å²) in [5.74, 6) is 0.718. The highest BCUT2D eigenvalue weighted by Gasteiger charge is 2.20. The van der Waals surface area contributed by atoms with Crippen molar-refractivity contribution in [2.45, 2.75) is 19.8 Å². The first kappa shape index (κ1) is 12.8. The van der Waals surface area contributed by atoms with Gasteiger partial charge in [0.05, 0.1) is 11.0 Å². The molecule has 3 rings (SSSR count). The molecular weight excluding hydrogens is 252 g/mol. The maximum Gasteiger partial charge on any atom is 0.321 e. The van der Waals surface area contributed by atoms with Crippen molar-refractivity contribution in [3.05, 3.63) is 30.6 Å². The van der Waals surface area contributed by atoms with Crippen molar-refractivity contribution in [1.29, 1.82) is 0 Å². The number of fused-ring (bicyclic) bond motifs is 1. The number of urea groups is 1. The van der Waals surface area contributed by atoms with Crippen LogP contribution < -0.4 is 5.32 Å². The molecule has 2 heterocycles. The lowest BCUT2D eigenvalue weighted by atomic mass is 10.00. The van der Waals surface area contributed by atoms with Crippen LogP contribution in [0.4, 0.5) is 10.5 Å². The van der Waals surface area contributed by atoms with Gasteiger partial charge in [0.15, 0.2) is 0 Å². The van der Waals surface area contributed by atoms with E-state index in [-0.39, 0.29) is 6.03 Å². The van der Waals surface area contributed by atoms with Crippen LogP contribution in [0.2, 0.25) is 0 Å². The van der Waals surface area contributed by atoms with Crippen LogP contribution in [-0.2, 0) is 0 Å². The second-order valence-electron chi connectivity index (χ2n) is 5.36. The number of carbonyl (C=O) groups is 1. The molecule has 2 amide bonds. The van der Waals surface area contributed by atoms with Gasteiger partial charge >= 0.3 is 6.03 Å². The Labute approximate surface area is 118 Å². The van der Waals surface area contributed by atoms with Crippen LogP contribution in [0.25, 0.3) is 11.0 Å². The Morgan fingerprint density at radius 1 is 1.20 bits per heavy atom. The lowest BCUT2D eigenvalue weighted by Gasteiger charge is -2.30. The smallest absolute Gasteiger partial charge is 0.321 e. The third kappa shape index (κ3) is 2.71. The van der Waals surface area contributed by atoms with Crippen molar-refractivity contribution in [3.63, 3.8) is 0 Å². The summed E-state index contributed by atoms with van der Waals surface area (Å²) in [6, 6.07) is 5.56. The van der Waals surface area contributed by atoms with Crippen molar-refractivity contribution < 1.29 is 4.79 Å². The topological polar surface area (TPSA) is 58.1 Å². The van der Waals surface area contributed by atoms with E-state index in [1.807, 2.05) is 23.1 Å². The van der Waals surface area contributed by atoms with E-state index in [9.17, 15) is 4.79 Å². The first-order valence-corrected chi connectivity index (χ1v) is 6.99. The number of benzene rings is 1. The third-order valence-electron chi connectivity index (χ3n) is 3.79. The third-order valence-corrected chi connectivity index (χ3v) is 3.79. The number of rotatable bonds is 1. The van der Waals surface area contributed by atoms with Crippen LogP contribution in [0.3, 0.4) is 0 Å². The molecule has 20 heavy (non-hydrogen) atoms. The summed E-state index contributed by atoms with van der Waals surface area (Å²) in [6.07, 6.45) is 5.47. The normalized spacial score (nSPS) is 16.4. The van der Waals surface area contributed by atoms with E-state index in [0.29, 0.717) is 0 Å². The van der Waals surface area contributed by atoms with E-state index in [2.05, 4.69) is 22.2 Å². The van der Waals surface area contributed by atoms with Gasteiger partial charge in [-0.15, -0.1) is 0 Å². The van der Waals surface area contributed by atoms with Gasteiger partial charge in [-0.25, -0.2) is 4.79 Å². The largest absolute Gasteiger partial charge is 0.325 e. The highest BCUT2D eigenvalue weighted by molar-refractivity contribution is 5.91. The zero-order valence-electron chi connectivity index (χ0n) is 11.5. The van der Waals surface area contributed by atoms with Gasteiger partial charge in [0.1, 0.15) is 0 Å². The molecule has 104 valence electrons. The molecular formula is C15H18N4O. The summed E-state index contributed by atoms with van der Waals surface area (Å²) < 4.78 is 0. The number of aromatic nitrogens is 2. The molecule has 0 bridgehead atoms. The summed E-state index contributed by atoms with van der Waals surface area (Å²) in [5, 5.41) is 2.94. The molecule has 0 unspecified atom stereocenters. The fourth-order valence-electron chi connectivity index (χ4n) is 2.46. The van der Waals surface area contributed by atoms with Crippen LogP contribution in [0.1, 0.15) is 19.8 Å². The fraction of sp³-hybridized carbons (Fsp3) is 0.400. The molecule has 1 saturated heterocycles. The predicted molar refractivity (Wildman–Crippen MR) is 78.5 cm³/mol. The SMILES string of the molecule is CC1CCN(C(=O)Nc2ccc3nccnc3c2)CC1. The highest BCUT2D eigenvalue weighted by atomic mass is 16.2. The minimum absolute atomic E-state index is 0.0276. The summed E-state index contributed by atoms with van der Waals surface area (Å²) in [5.41, 5.74) is 2.39. The van der Waals surface area contributed by atoms with Gasteiger partial charge < -0.3 is 10.2 Å². The number of hydrogen-bond acceptors (Lipinski definition) is 3. The second-order valence-corrected chi connectivity index (χ2v) is 5.36. The van der Waals surface area contributed by atoms with Gasteiger partial charge in [-0.05, 0) is 37.0 Å². The van der Waals surface area contributed by atoms with Gasteiger partial charge in [-0.2, -0.15) is 0 Å². The monoisotopic (exact) mass is 270 g/mol. The van der Waals surface area contributed by atoms with E-state index in [1.165, 1.54) is 0 Å². The molecule has 0 saturated carbocycles. The molecule has 1 aliphatic heterocycles. The summed E-state index contributed by atoms with van der Waals surface area (Å²) in [7, 11) is 0. The van der Waals surface area contributed by atoms with Crippen LogP contribution >= 0.6 is 0 Å². The van der Waals surface area contributed by atoms with Crippen molar-refractivity contribution in [2.24, 2.45) is 5.92 Å². The lowest BCUT2D eigenvalue weighted by Crippen LogP contribution is -2.40. The van der Waals surface area contributed by atoms with E-state index in [1.54, 1.807) is 12.4 Å². The Bertz CT molecular complexity index is 620. The number of carbonyl (C=O) groups excluding carboxylic acids is 1. The summed E-state index contributed by atoms with van der Waals surface area (Å²) in [4.78, 5) is 22.5. The zero-order valence-corrected chi connectivity index (χ0v) is 11.5. The Morgan fingerprint density at radius 3 is 2.65 bits per heavy atom.